The van der Waals surface area contributed by atoms with Crippen LogP contribution in [0.1, 0.15) is 25.1 Å². The van der Waals surface area contributed by atoms with Gasteiger partial charge in [0.25, 0.3) is 0 Å². The van der Waals surface area contributed by atoms with E-state index in [2.05, 4.69) is 49.7 Å². The molecule has 0 atom stereocenters. The van der Waals surface area contributed by atoms with Crippen molar-refractivity contribution in [2.45, 2.75) is 20.3 Å². The highest BCUT2D eigenvalue weighted by molar-refractivity contribution is 6.05. The molecule has 0 saturated carbocycles. The number of aromatic nitrogens is 2. The monoisotopic (exact) mass is 537 g/mol. The zero-order valence-corrected chi connectivity index (χ0v) is 23.3. The van der Waals surface area contributed by atoms with Crippen LogP contribution in [0.5, 0.6) is 5.75 Å². The molecule has 3 N–H and O–H groups in total. The minimum atomic E-state index is -0.238. The van der Waals surface area contributed by atoms with Crippen LogP contribution in [0.4, 0.5) is 17.1 Å². The van der Waals surface area contributed by atoms with E-state index >= 15 is 0 Å². The van der Waals surface area contributed by atoms with Crippen molar-refractivity contribution in [3.05, 3.63) is 66.0 Å². The van der Waals surface area contributed by atoms with Crippen LogP contribution < -0.4 is 20.7 Å². The summed E-state index contributed by atoms with van der Waals surface area (Å²) in [6.07, 6.45) is 6.08. The standard InChI is InChI=1S/C31H35N7O2/c1-4-25-24(20-32)31(34-22-8-9-28-21(17-22)10-14-37(28)3)23-18-27(29(40-5-2)19-26(23)35-25)36-30(39)7-6-13-38-15-11-33-12-16-38/h6-10,14,17-19,33H,4-5,11-13,15-16H2,1-3H3,(H,34,35)(H,36,39)/b7-6+. The van der Waals surface area contributed by atoms with Crippen molar-refractivity contribution in [1.29, 1.82) is 5.26 Å². The molecule has 1 fully saturated rings. The third-order valence-corrected chi connectivity index (χ3v) is 7.16. The molecule has 5 rings (SSSR count). The second-order valence-corrected chi connectivity index (χ2v) is 9.84. The first-order chi connectivity index (χ1) is 19.5. The van der Waals surface area contributed by atoms with Gasteiger partial charge < -0.3 is 25.3 Å². The number of hydrogen-bond donors (Lipinski definition) is 3. The van der Waals surface area contributed by atoms with E-state index in [9.17, 15) is 10.1 Å². The molecule has 1 saturated heterocycles. The molecule has 40 heavy (non-hydrogen) atoms. The number of nitrogens with zero attached hydrogens (tertiary/aromatic N) is 4. The lowest BCUT2D eigenvalue weighted by Gasteiger charge is -2.25. The number of carbonyl (C=O) groups is 1. The Hall–Kier alpha value is -4.39. The van der Waals surface area contributed by atoms with Crippen LogP contribution in [0, 0.1) is 11.3 Å². The minimum absolute atomic E-state index is 0.238. The van der Waals surface area contributed by atoms with E-state index in [1.807, 2.05) is 51.4 Å². The Balaban J connectivity index is 1.52. The number of rotatable bonds is 9. The number of nitriles is 1. The molecule has 1 aliphatic heterocycles. The molecule has 0 unspecified atom stereocenters. The summed E-state index contributed by atoms with van der Waals surface area (Å²) in [7, 11) is 2.01. The van der Waals surface area contributed by atoms with Gasteiger partial charge in [-0.05, 0) is 43.7 Å². The van der Waals surface area contributed by atoms with Gasteiger partial charge in [0.05, 0.1) is 34.8 Å². The summed E-state index contributed by atoms with van der Waals surface area (Å²) < 4.78 is 7.97. The number of ether oxygens (including phenoxy) is 1. The lowest BCUT2D eigenvalue weighted by Crippen LogP contribution is -2.43. The lowest BCUT2D eigenvalue weighted by molar-refractivity contribution is -0.111. The summed E-state index contributed by atoms with van der Waals surface area (Å²) >= 11 is 0. The van der Waals surface area contributed by atoms with E-state index in [4.69, 9.17) is 9.72 Å². The third-order valence-electron chi connectivity index (χ3n) is 7.16. The van der Waals surface area contributed by atoms with Gasteiger partial charge in [0.15, 0.2) is 0 Å². The smallest absolute Gasteiger partial charge is 0.248 e. The minimum Gasteiger partial charge on any atom is -0.492 e. The van der Waals surface area contributed by atoms with Crippen molar-refractivity contribution in [1.82, 2.24) is 19.8 Å². The second kappa shape index (κ2) is 12.2. The number of benzene rings is 2. The quantitative estimate of drug-likeness (QED) is 0.266. The van der Waals surface area contributed by atoms with Crippen molar-refractivity contribution >= 4 is 44.8 Å². The van der Waals surface area contributed by atoms with E-state index in [-0.39, 0.29) is 5.91 Å². The van der Waals surface area contributed by atoms with Crippen molar-refractivity contribution in [3.8, 4) is 11.8 Å². The largest absolute Gasteiger partial charge is 0.492 e. The van der Waals surface area contributed by atoms with E-state index in [0.717, 1.165) is 54.7 Å². The van der Waals surface area contributed by atoms with Gasteiger partial charge in [-0.25, -0.2) is 0 Å². The normalized spacial score (nSPS) is 14.1. The van der Waals surface area contributed by atoms with Gasteiger partial charge in [-0.3, -0.25) is 14.7 Å². The van der Waals surface area contributed by atoms with Crippen molar-refractivity contribution in [2.24, 2.45) is 7.05 Å². The molecular formula is C31H35N7O2. The summed E-state index contributed by atoms with van der Waals surface area (Å²) in [6.45, 7) is 8.90. The summed E-state index contributed by atoms with van der Waals surface area (Å²) in [5, 5.41) is 21.8. The Bertz CT molecular complexity index is 1610. The zero-order chi connectivity index (χ0) is 28.1. The fourth-order valence-electron chi connectivity index (χ4n) is 5.10. The van der Waals surface area contributed by atoms with Crippen molar-refractivity contribution in [3.63, 3.8) is 0 Å². The Labute approximate surface area is 234 Å². The molecule has 1 amide bonds. The highest BCUT2D eigenvalue weighted by Gasteiger charge is 2.19. The maximum absolute atomic E-state index is 12.9. The first-order valence-electron chi connectivity index (χ1n) is 13.8. The van der Waals surface area contributed by atoms with E-state index in [1.54, 1.807) is 6.08 Å². The van der Waals surface area contributed by atoms with Gasteiger partial charge in [0.1, 0.15) is 11.8 Å². The molecule has 9 nitrogen and oxygen atoms in total. The Morgan fingerprint density at radius 2 is 2.02 bits per heavy atom. The third kappa shape index (κ3) is 5.78. The van der Waals surface area contributed by atoms with Crippen molar-refractivity contribution in [2.75, 3.05) is 50.0 Å². The molecular weight excluding hydrogens is 502 g/mol. The lowest BCUT2D eigenvalue weighted by atomic mass is 10.0. The van der Waals surface area contributed by atoms with Gasteiger partial charge >= 0.3 is 0 Å². The SMILES string of the molecule is CCOc1cc2nc(CC)c(C#N)c(Nc3ccc4c(ccn4C)c3)c2cc1NC(=O)/C=C/CN1CCNCC1. The first-order valence-corrected chi connectivity index (χ1v) is 13.8. The summed E-state index contributed by atoms with van der Waals surface area (Å²) in [5.74, 6) is 0.299. The average Bonchev–Trinajstić information content (AvgIpc) is 3.33. The molecule has 0 bridgehead atoms. The molecule has 3 heterocycles. The van der Waals surface area contributed by atoms with Crippen LogP contribution in [0.2, 0.25) is 0 Å². The number of hydrogen-bond acceptors (Lipinski definition) is 7. The van der Waals surface area contributed by atoms with E-state index < -0.39 is 0 Å². The van der Waals surface area contributed by atoms with E-state index in [1.165, 1.54) is 0 Å². The first kappa shape index (κ1) is 27.2. The number of nitrogens with one attached hydrogen (secondary N) is 3. The topological polar surface area (TPSA) is 107 Å². The van der Waals surface area contributed by atoms with Gasteiger partial charge in [0.2, 0.25) is 5.91 Å². The summed E-state index contributed by atoms with van der Waals surface area (Å²) in [6, 6.07) is 14.2. The predicted octanol–water partition coefficient (Wildman–Crippen LogP) is 4.70. The average molecular weight is 538 g/mol. The van der Waals surface area contributed by atoms with Crippen LogP contribution in [0.25, 0.3) is 21.8 Å². The second-order valence-electron chi connectivity index (χ2n) is 9.84. The Morgan fingerprint density at radius 1 is 1.20 bits per heavy atom. The summed E-state index contributed by atoms with van der Waals surface area (Å²) in [4.78, 5) is 20.0. The number of piperazine rings is 1. The molecule has 0 spiro atoms. The Morgan fingerprint density at radius 3 is 2.77 bits per heavy atom. The molecule has 0 radical (unpaired) electrons. The van der Waals surface area contributed by atoms with Crippen LogP contribution in [-0.2, 0) is 18.3 Å². The number of amides is 1. The molecule has 2 aromatic carbocycles. The van der Waals surface area contributed by atoms with Crippen molar-refractivity contribution < 1.29 is 9.53 Å². The van der Waals surface area contributed by atoms with Crippen LogP contribution >= 0.6 is 0 Å². The zero-order valence-electron chi connectivity index (χ0n) is 23.3. The van der Waals surface area contributed by atoms with Crippen LogP contribution in [0.15, 0.2) is 54.7 Å². The number of fused-ring (bicyclic) bond motifs is 2. The fourth-order valence-corrected chi connectivity index (χ4v) is 5.10. The number of pyridine rings is 1. The molecule has 2 aromatic heterocycles. The number of aryl methyl sites for hydroxylation is 2. The molecule has 1 aliphatic rings. The molecule has 206 valence electrons. The van der Waals surface area contributed by atoms with E-state index in [0.29, 0.717) is 46.9 Å². The summed E-state index contributed by atoms with van der Waals surface area (Å²) in [5.41, 5.74) is 5.05. The number of anilines is 3. The molecule has 0 aliphatic carbocycles. The fraction of sp³-hybridized carbons (Fsp3) is 0.323. The maximum atomic E-state index is 12.9. The molecule has 9 heteroatoms. The van der Waals surface area contributed by atoms with Crippen LogP contribution in [-0.4, -0.2) is 59.7 Å². The molecule has 4 aromatic rings. The van der Waals surface area contributed by atoms with Gasteiger partial charge in [-0.1, -0.05) is 13.0 Å². The van der Waals surface area contributed by atoms with Gasteiger partial charge in [-0.15, -0.1) is 0 Å². The van der Waals surface area contributed by atoms with Gasteiger partial charge in [0, 0.05) is 80.1 Å². The van der Waals surface area contributed by atoms with Gasteiger partial charge in [-0.2, -0.15) is 5.26 Å². The predicted molar refractivity (Wildman–Crippen MR) is 160 cm³/mol. The maximum Gasteiger partial charge on any atom is 0.248 e. The highest BCUT2D eigenvalue weighted by Crippen LogP contribution is 2.38. The highest BCUT2D eigenvalue weighted by atomic mass is 16.5. The number of carbonyl (C=O) groups excluding carboxylic acids is 1. The Kier molecular flexibility index (Phi) is 8.29. The van der Waals surface area contributed by atoms with Crippen LogP contribution in [0.3, 0.4) is 0 Å².